The van der Waals surface area contributed by atoms with Gasteiger partial charge in [-0.1, -0.05) is 41.5 Å². The molecule has 0 aliphatic heterocycles. The number of fused-ring (bicyclic) bond motifs is 1. The van der Waals surface area contributed by atoms with E-state index in [1.165, 1.54) is 0 Å². The number of ether oxygens (including phenoxy) is 2. The van der Waals surface area contributed by atoms with Gasteiger partial charge in [-0.2, -0.15) is 5.26 Å². The maximum absolute atomic E-state index is 12.6. The lowest BCUT2D eigenvalue weighted by atomic mass is 9.84. The van der Waals surface area contributed by atoms with E-state index in [9.17, 15) is 10.1 Å². The third-order valence-electron chi connectivity index (χ3n) is 4.24. The third-order valence-corrected chi connectivity index (χ3v) is 4.24. The van der Waals surface area contributed by atoms with Crippen molar-refractivity contribution in [2.75, 3.05) is 14.2 Å². The number of carbonyl (C=O) groups excluding carboxylic acids is 1. The van der Waals surface area contributed by atoms with Crippen molar-refractivity contribution in [1.29, 1.82) is 5.26 Å². The summed E-state index contributed by atoms with van der Waals surface area (Å²) in [5, 5.41) is 9.57. The van der Waals surface area contributed by atoms with E-state index >= 15 is 0 Å². The van der Waals surface area contributed by atoms with Gasteiger partial charge in [-0.3, -0.25) is 4.79 Å². The van der Waals surface area contributed by atoms with Crippen molar-refractivity contribution in [3.8, 4) is 17.6 Å². The van der Waals surface area contributed by atoms with E-state index in [4.69, 9.17) is 9.47 Å². The summed E-state index contributed by atoms with van der Waals surface area (Å²) in [6, 6.07) is 5.96. The number of nitriles is 1. The maximum atomic E-state index is 12.6. The molecule has 1 unspecified atom stereocenters. The largest absolute Gasteiger partial charge is 0.493 e. The molecule has 0 spiro atoms. The lowest BCUT2D eigenvalue weighted by Crippen LogP contribution is -2.22. The van der Waals surface area contributed by atoms with Gasteiger partial charge >= 0.3 is 0 Å². The molecule has 0 radical (unpaired) electrons. The van der Waals surface area contributed by atoms with Crippen molar-refractivity contribution < 1.29 is 14.3 Å². The van der Waals surface area contributed by atoms with Gasteiger partial charge < -0.3 is 9.47 Å². The van der Waals surface area contributed by atoms with E-state index in [2.05, 4.69) is 13.0 Å². The van der Waals surface area contributed by atoms with Gasteiger partial charge in [-0.05, 0) is 41.2 Å². The molecule has 0 saturated heterocycles. The number of methoxy groups -OCH3 is 2. The number of carbonyl (C=O) groups is 1. The topological polar surface area (TPSA) is 59.3 Å². The minimum absolute atomic E-state index is 0.121. The van der Waals surface area contributed by atoms with E-state index in [1.807, 2.05) is 46.8 Å². The maximum Gasteiger partial charge on any atom is 0.178 e. The van der Waals surface area contributed by atoms with Gasteiger partial charge in [0.25, 0.3) is 0 Å². The highest BCUT2D eigenvalue weighted by Gasteiger charge is 2.33. The van der Waals surface area contributed by atoms with Crippen molar-refractivity contribution in [2.24, 2.45) is 5.41 Å². The molecule has 0 aromatic heterocycles. The summed E-state index contributed by atoms with van der Waals surface area (Å²) < 4.78 is 10.7. The zero-order valence-electron chi connectivity index (χ0n) is 16.6. The minimum Gasteiger partial charge on any atom is -0.493 e. The first kappa shape index (κ1) is 20.8. The summed E-state index contributed by atoms with van der Waals surface area (Å²) in [6.45, 7) is 11.6. The van der Waals surface area contributed by atoms with Crippen LogP contribution < -0.4 is 9.47 Å². The van der Waals surface area contributed by atoms with Crippen LogP contribution in [0, 0.1) is 16.7 Å². The van der Waals surface area contributed by atoms with E-state index in [-0.39, 0.29) is 17.3 Å². The summed E-state index contributed by atoms with van der Waals surface area (Å²) in [6.07, 6.45) is 0.677. The van der Waals surface area contributed by atoms with Gasteiger partial charge in [0, 0.05) is 5.41 Å². The molecule has 136 valence electrons. The Balaban J connectivity index is 0.00000151. The molecule has 2 rings (SSSR count). The second-order valence-corrected chi connectivity index (χ2v) is 6.94. The second kappa shape index (κ2) is 8.20. The third kappa shape index (κ3) is 4.04. The fourth-order valence-electron chi connectivity index (χ4n) is 2.96. The number of nitrogens with zero attached hydrogens (tertiary/aromatic N) is 1. The summed E-state index contributed by atoms with van der Waals surface area (Å²) in [7, 11) is 3.18. The summed E-state index contributed by atoms with van der Waals surface area (Å²) in [5.74, 6) is 1.39. The fourth-order valence-corrected chi connectivity index (χ4v) is 2.96. The first-order valence-corrected chi connectivity index (χ1v) is 8.69. The molecule has 1 aromatic rings. The number of ketones is 1. The van der Waals surface area contributed by atoms with E-state index in [1.54, 1.807) is 14.2 Å². The van der Waals surface area contributed by atoms with Crippen LogP contribution in [0.2, 0.25) is 0 Å². The fraction of sp³-hybridized carbons (Fsp3) is 0.524. The lowest BCUT2D eigenvalue weighted by Gasteiger charge is -2.17. The van der Waals surface area contributed by atoms with Crippen LogP contribution in [-0.4, -0.2) is 20.0 Å². The normalized spacial score (nSPS) is 17.6. The van der Waals surface area contributed by atoms with Crippen LogP contribution in [-0.2, 0) is 4.79 Å². The molecule has 4 nitrogen and oxygen atoms in total. The molecule has 1 aromatic carbocycles. The highest BCUT2D eigenvalue weighted by molar-refractivity contribution is 6.09. The Bertz CT molecular complexity index is 718. The molecule has 1 atom stereocenters. The molecule has 0 heterocycles. The Kier molecular flexibility index (Phi) is 6.81. The van der Waals surface area contributed by atoms with Crippen molar-refractivity contribution in [3.63, 3.8) is 0 Å². The molecular weight excluding hydrogens is 314 g/mol. The van der Waals surface area contributed by atoms with Crippen LogP contribution in [0.25, 0.3) is 5.57 Å². The number of hydrogen-bond donors (Lipinski definition) is 0. The molecule has 1 aliphatic carbocycles. The van der Waals surface area contributed by atoms with Crippen molar-refractivity contribution in [3.05, 3.63) is 28.8 Å². The van der Waals surface area contributed by atoms with Crippen LogP contribution in [0.5, 0.6) is 11.5 Å². The number of rotatable bonds is 3. The first-order chi connectivity index (χ1) is 11.7. The average molecular weight is 343 g/mol. The molecule has 0 N–H and O–H groups in total. The molecular formula is C21H29NO3. The predicted octanol–water partition coefficient (Wildman–Crippen LogP) is 5.13. The summed E-state index contributed by atoms with van der Waals surface area (Å²) in [5.41, 5.74) is 2.50. The summed E-state index contributed by atoms with van der Waals surface area (Å²) >= 11 is 0. The van der Waals surface area contributed by atoms with Gasteiger partial charge in [0.05, 0.1) is 19.8 Å². The van der Waals surface area contributed by atoms with Crippen LogP contribution in [0.15, 0.2) is 17.7 Å². The Morgan fingerprint density at radius 3 is 2.12 bits per heavy atom. The number of Topliss-reactive ketones (excluding diaryl/α,β-unsaturated/α-hetero) is 1. The SMILES string of the molecule is CC.COc1cc2c(cc1OC)C(C)C/C2=C(/C#N)C(=O)C(C)(C)C. The highest BCUT2D eigenvalue weighted by atomic mass is 16.5. The van der Waals surface area contributed by atoms with E-state index in [0.29, 0.717) is 17.9 Å². The van der Waals surface area contributed by atoms with E-state index < -0.39 is 5.41 Å². The zero-order chi connectivity index (χ0) is 19.4. The minimum atomic E-state index is -0.583. The number of allylic oxidation sites excluding steroid dienone is 2. The molecule has 0 bridgehead atoms. The van der Waals surface area contributed by atoms with Gasteiger partial charge in [0.15, 0.2) is 17.3 Å². The van der Waals surface area contributed by atoms with Gasteiger partial charge in [-0.25, -0.2) is 0 Å². The van der Waals surface area contributed by atoms with Gasteiger partial charge in [-0.15, -0.1) is 0 Å². The number of benzene rings is 1. The monoisotopic (exact) mass is 343 g/mol. The summed E-state index contributed by atoms with van der Waals surface area (Å²) in [4.78, 5) is 12.6. The molecule has 1 aliphatic rings. The second-order valence-electron chi connectivity index (χ2n) is 6.94. The zero-order valence-corrected chi connectivity index (χ0v) is 16.6. The van der Waals surface area contributed by atoms with Crippen LogP contribution >= 0.6 is 0 Å². The van der Waals surface area contributed by atoms with Gasteiger partial charge in [0.1, 0.15) is 6.07 Å². The van der Waals surface area contributed by atoms with Crippen LogP contribution in [0.3, 0.4) is 0 Å². The van der Waals surface area contributed by atoms with Crippen molar-refractivity contribution >= 4 is 11.4 Å². The van der Waals surface area contributed by atoms with Crippen molar-refractivity contribution in [2.45, 2.75) is 53.9 Å². The highest BCUT2D eigenvalue weighted by Crippen LogP contribution is 2.47. The quantitative estimate of drug-likeness (QED) is 0.564. The molecule has 0 saturated carbocycles. The Hall–Kier alpha value is -2.28. The average Bonchev–Trinajstić information content (AvgIpc) is 2.91. The first-order valence-electron chi connectivity index (χ1n) is 8.69. The predicted molar refractivity (Wildman–Crippen MR) is 101 cm³/mol. The molecule has 0 fully saturated rings. The molecule has 0 amide bonds. The Morgan fingerprint density at radius 2 is 1.68 bits per heavy atom. The standard InChI is InChI=1S/C19H23NO3.C2H6/c1-11-7-13(15(10-20)18(21)19(2,3)4)14-9-17(23-6)16(22-5)8-12(11)14;1-2/h8-9,11H,7H2,1-6H3;1-2H3/b15-13+;. The van der Waals surface area contributed by atoms with Crippen LogP contribution in [0.1, 0.15) is 65.0 Å². The van der Waals surface area contributed by atoms with Crippen LogP contribution in [0.4, 0.5) is 0 Å². The molecule has 25 heavy (non-hydrogen) atoms. The molecule has 4 heteroatoms. The Labute approximate surface area is 151 Å². The van der Waals surface area contributed by atoms with Gasteiger partial charge in [0.2, 0.25) is 0 Å². The lowest BCUT2D eigenvalue weighted by molar-refractivity contribution is -0.122. The smallest absolute Gasteiger partial charge is 0.178 e. The van der Waals surface area contributed by atoms with E-state index in [0.717, 1.165) is 16.7 Å². The number of hydrogen-bond acceptors (Lipinski definition) is 4. The van der Waals surface area contributed by atoms with Crippen molar-refractivity contribution in [1.82, 2.24) is 0 Å². The Morgan fingerprint density at radius 1 is 1.16 bits per heavy atom.